The van der Waals surface area contributed by atoms with Gasteiger partial charge in [0.2, 0.25) is 0 Å². The zero-order chi connectivity index (χ0) is 11.1. The van der Waals surface area contributed by atoms with Gasteiger partial charge in [0.1, 0.15) is 5.75 Å². The maximum atomic E-state index is 9.16. The summed E-state index contributed by atoms with van der Waals surface area (Å²) in [5.74, 6) is 0.824. The van der Waals surface area contributed by atoms with E-state index < -0.39 is 6.10 Å². The highest BCUT2D eigenvalue weighted by Gasteiger charge is 1.98. The van der Waals surface area contributed by atoms with Crippen LogP contribution in [0.1, 0.15) is 5.56 Å². The second kappa shape index (κ2) is 6.22. The monoisotopic (exact) mass is 208 g/mol. The van der Waals surface area contributed by atoms with Crippen molar-refractivity contribution in [1.82, 2.24) is 0 Å². The summed E-state index contributed by atoms with van der Waals surface area (Å²) in [7, 11) is 1.63. The highest BCUT2D eigenvalue weighted by Crippen LogP contribution is 2.11. The molecule has 0 aromatic heterocycles. The summed E-state index contributed by atoms with van der Waals surface area (Å²) in [5, 5.41) is 9.16. The summed E-state index contributed by atoms with van der Waals surface area (Å²) in [4.78, 5) is 0. The normalized spacial score (nSPS) is 12.1. The van der Waals surface area contributed by atoms with Crippen molar-refractivity contribution in [2.75, 3.05) is 13.7 Å². The van der Waals surface area contributed by atoms with E-state index in [0.717, 1.165) is 11.3 Å². The fraction of sp³-hybridized carbons (Fsp3) is 0.333. The van der Waals surface area contributed by atoms with Crippen molar-refractivity contribution in [3.8, 4) is 5.75 Å². The van der Waals surface area contributed by atoms with Crippen molar-refractivity contribution in [2.24, 2.45) is 0 Å². The Morgan fingerprint density at radius 3 is 2.60 bits per heavy atom. The lowest BCUT2D eigenvalue weighted by molar-refractivity contribution is 0.0505. The van der Waals surface area contributed by atoms with E-state index in [1.165, 1.54) is 6.08 Å². The Hall–Kier alpha value is -1.32. The molecule has 0 aliphatic heterocycles. The second-order valence-corrected chi connectivity index (χ2v) is 3.17. The first-order chi connectivity index (χ1) is 7.26. The number of benzene rings is 1. The van der Waals surface area contributed by atoms with Gasteiger partial charge in [-0.25, -0.2) is 0 Å². The minimum absolute atomic E-state index is 0.273. The predicted molar refractivity (Wildman–Crippen MR) is 58.9 cm³/mol. The summed E-state index contributed by atoms with van der Waals surface area (Å²) in [6.45, 7) is 4.22. The number of methoxy groups -OCH3 is 1. The van der Waals surface area contributed by atoms with Gasteiger partial charge in [0.05, 0.1) is 26.4 Å². The highest BCUT2D eigenvalue weighted by molar-refractivity contribution is 5.26. The average molecular weight is 208 g/mol. The summed E-state index contributed by atoms with van der Waals surface area (Å²) in [6.07, 6.45) is 0.858. The SMILES string of the molecule is C=C[C@H](O)COCc1ccc(OC)cc1. The lowest BCUT2D eigenvalue weighted by atomic mass is 10.2. The molecule has 3 heteroatoms. The molecule has 1 rings (SSSR count). The Kier molecular flexibility index (Phi) is 4.87. The number of hydrogen-bond donors (Lipinski definition) is 1. The van der Waals surface area contributed by atoms with Crippen LogP contribution in [-0.4, -0.2) is 24.9 Å². The van der Waals surface area contributed by atoms with Gasteiger partial charge in [-0.1, -0.05) is 18.2 Å². The Balaban J connectivity index is 2.34. The molecule has 0 amide bonds. The van der Waals surface area contributed by atoms with E-state index in [4.69, 9.17) is 14.6 Å². The minimum atomic E-state index is -0.594. The molecule has 1 N–H and O–H groups in total. The number of aliphatic hydroxyl groups is 1. The van der Waals surface area contributed by atoms with Crippen LogP contribution in [0.2, 0.25) is 0 Å². The van der Waals surface area contributed by atoms with Crippen LogP contribution < -0.4 is 4.74 Å². The molecule has 0 aliphatic carbocycles. The molecule has 0 heterocycles. The molecule has 0 unspecified atom stereocenters. The Bertz CT molecular complexity index is 292. The maximum absolute atomic E-state index is 9.16. The van der Waals surface area contributed by atoms with Crippen LogP contribution in [0.5, 0.6) is 5.75 Å². The molecule has 3 nitrogen and oxygen atoms in total. The zero-order valence-corrected chi connectivity index (χ0v) is 8.85. The third-order valence-electron chi connectivity index (χ3n) is 1.99. The minimum Gasteiger partial charge on any atom is -0.497 e. The lowest BCUT2D eigenvalue weighted by Crippen LogP contribution is -2.11. The van der Waals surface area contributed by atoms with Crippen molar-refractivity contribution < 1.29 is 14.6 Å². The van der Waals surface area contributed by atoms with Crippen LogP contribution in [0.4, 0.5) is 0 Å². The highest BCUT2D eigenvalue weighted by atomic mass is 16.5. The van der Waals surface area contributed by atoms with Crippen molar-refractivity contribution >= 4 is 0 Å². The van der Waals surface area contributed by atoms with Crippen molar-refractivity contribution in [2.45, 2.75) is 12.7 Å². The number of rotatable bonds is 6. The van der Waals surface area contributed by atoms with Gasteiger partial charge in [-0.2, -0.15) is 0 Å². The molecule has 0 aliphatic rings. The van der Waals surface area contributed by atoms with E-state index in [-0.39, 0.29) is 6.61 Å². The van der Waals surface area contributed by atoms with Crippen LogP contribution in [0, 0.1) is 0 Å². The maximum Gasteiger partial charge on any atom is 0.118 e. The molecule has 1 atom stereocenters. The summed E-state index contributed by atoms with van der Waals surface area (Å²) < 4.78 is 10.3. The van der Waals surface area contributed by atoms with E-state index in [2.05, 4.69) is 6.58 Å². The third kappa shape index (κ3) is 4.14. The molecular formula is C12H16O3. The first kappa shape index (κ1) is 11.8. The van der Waals surface area contributed by atoms with Crippen LogP contribution in [0.15, 0.2) is 36.9 Å². The Morgan fingerprint density at radius 2 is 2.07 bits per heavy atom. The fourth-order valence-corrected chi connectivity index (χ4v) is 1.09. The fourth-order valence-electron chi connectivity index (χ4n) is 1.09. The molecule has 0 bridgehead atoms. The van der Waals surface area contributed by atoms with Gasteiger partial charge in [0.15, 0.2) is 0 Å². The van der Waals surface area contributed by atoms with Crippen LogP contribution in [-0.2, 0) is 11.3 Å². The molecule has 0 saturated carbocycles. The number of ether oxygens (including phenoxy) is 2. The van der Waals surface area contributed by atoms with E-state index in [0.29, 0.717) is 6.61 Å². The summed E-state index contributed by atoms with van der Waals surface area (Å²) >= 11 is 0. The van der Waals surface area contributed by atoms with Gasteiger partial charge in [0.25, 0.3) is 0 Å². The van der Waals surface area contributed by atoms with Gasteiger partial charge in [-0.05, 0) is 17.7 Å². The molecule has 0 spiro atoms. The van der Waals surface area contributed by atoms with Gasteiger partial charge < -0.3 is 14.6 Å². The molecule has 82 valence electrons. The molecule has 0 radical (unpaired) electrons. The van der Waals surface area contributed by atoms with E-state index in [1.54, 1.807) is 7.11 Å². The number of aliphatic hydroxyl groups excluding tert-OH is 1. The van der Waals surface area contributed by atoms with Gasteiger partial charge in [-0.3, -0.25) is 0 Å². The topological polar surface area (TPSA) is 38.7 Å². The van der Waals surface area contributed by atoms with Crippen LogP contribution in [0.3, 0.4) is 0 Å². The van der Waals surface area contributed by atoms with Crippen molar-refractivity contribution in [3.05, 3.63) is 42.5 Å². The molecule has 1 aromatic carbocycles. The van der Waals surface area contributed by atoms with Crippen molar-refractivity contribution in [1.29, 1.82) is 0 Å². The first-order valence-electron chi connectivity index (χ1n) is 4.77. The lowest BCUT2D eigenvalue weighted by Gasteiger charge is -2.07. The van der Waals surface area contributed by atoms with Crippen molar-refractivity contribution in [3.63, 3.8) is 0 Å². The molecule has 0 fully saturated rings. The Morgan fingerprint density at radius 1 is 1.40 bits per heavy atom. The van der Waals surface area contributed by atoms with E-state index in [1.807, 2.05) is 24.3 Å². The summed E-state index contributed by atoms with van der Waals surface area (Å²) in [6, 6.07) is 7.61. The molecule has 0 saturated heterocycles. The van der Waals surface area contributed by atoms with Gasteiger partial charge in [0, 0.05) is 0 Å². The molecule has 15 heavy (non-hydrogen) atoms. The van der Waals surface area contributed by atoms with E-state index in [9.17, 15) is 0 Å². The third-order valence-corrected chi connectivity index (χ3v) is 1.99. The largest absolute Gasteiger partial charge is 0.497 e. The predicted octanol–water partition coefficient (Wildman–Crippen LogP) is 1.76. The van der Waals surface area contributed by atoms with E-state index >= 15 is 0 Å². The first-order valence-corrected chi connectivity index (χ1v) is 4.77. The zero-order valence-electron chi connectivity index (χ0n) is 8.85. The summed E-state index contributed by atoms with van der Waals surface area (Å²) in [5.41, 5.74) is 1.05. The number of hydrogen-bond acceptors (Lipinski definition) is 3. The average Bonchev–Trinajstić information content (AvgIpc) is 2.29. The standard InChI is InChI=1S/C12H16O3/c1-3-11(13)9-15-8-10-4-6-12(14-2)7-5-10/h3-7,11,13H,1,8-9H2,2H3/t11-/m0/s1. The van der Waals surface area contributed by atoms with Gasteiger partial charge >= 0.3 is 0 Å². The molecular weight excluding hydrogens is 192 g/mol. The Labute approximate surface area is 90.0 Å². The van der Waals surface area contributed by atoms with Crippen LogP contribution >= 0.6 is 0 Å². The molecule has 1 aromatic rings. The quantitative estimate of drug-likeness (QED) is 0.724. The second-order valence-electron chi connectivity index (χ2n) is 3.17. The smallest absolute Gasteiger partial charge is 0.118 e. The van der Waals surface area contributed by atoms with Crippen LogP contribution in [0.25, 0.3) is 0 Å². The van der Waals surface area contributed by atoms with Gasteiger partial charge in [-0.15, -0.1) is 6.58 Å².